The molecule has 2 rings (SSSR count). The molecular weight excluding hydrogens is 304 g/mol. The molecule has 1 aromatic carbocycles. The van der Waals surface area contributed by atoms with Crippen molar-refractivity contribution in [1.82, 2.24) is 10.2 Å². The third-order valence-electron chi connectivity index (χ3n) is 4.36. The Kier molecular flexibility index (Phi) is 7.53. The average Bonchev–Trinajstić information content (AvgIpc) is 2.59. The number of nitrogens with one attached hydrogen (secondary N) is 1. The summed E-state index contributed by atoms with van der Waals surface area (Å²) < 4.78 is 10.7. The standard InChI is InChI=1S/C19H30N2O3/c1-15(2)24-18-6-4-17(5-7-18)19(22)20-14-16-8-10-21(11-9-16)12-13-23-3/h4-7,15-16H,8-14H2,1-3H3,(H,20,22). The molecule has 1 saturated heterocycles. The van der Waals surface area contributed by atoms with Crippen LogP contribution in [0.25, 0.3) is 0 Å². The summed E-state index contributed by atoms with van der Waals surface area (Å²) in [6.45, 7) is 8.69. The van der Waals surface area contributed by atoms with E-state index in [1.165, 1.54) is 0 Å². The van der Waals surface area contributed by atoms with Gasteiger partial charge in [0.15, 0.2) is 0 Å². The van der Waals surface area contributed by atoms with Crippen molar-refractivity contribution in [3.05, 3.63) is 29.8 Å². The maximum atomic E-state index is 12.2. The number of piperidine rings is 1. The number of amides is 1. The molecule has 5 nitrogen and oxygen atoms in total. The van der Waals surface area contributed by atoms with Crippen LogP contribution in [0.1, 0.15) is 37.0 Å². The molecule has 5 heteroatoms. The number of methoxy groups -OCH3 is 1. The Balaban J connectivity index is 1.71. The lowest BCUT2D eigenvalue weighted by molar-refractivity contribution is 0.0926. The Hall–Kier alpha value is -1.59. The van der Waals surface area contributed by atoms with Gasteiger partial charge in [-0.05, 0) is 70.0 Å². The Bertz CT molecular complexity index is 494. The minimum Gasteiger partial charge on any atom is -0.491 e. The van der Waals surface area contributed by atoms with Gasteiger partial charge in [0, 0.05) is 25.8 Å². The molecule has 0 aromatic heterocycles. The number of carbonyl (C=O) groups is 1. The molecule has 0 aliphatic carbocycles. The number of ether oxygens (including phenoxy) is 2. The lowest BCUT2D eigenvalue weighted by atomic mass is 9.96. The van der Waals surface area contributed by atoms with Gasteiger partial charge in [-0.25, -0.2) is 0 Å². The second-order valence-electron chi connectivity index (χ2n) is 6.68. The molecule has 24 heavy (non-hydrogen) atoms. The maximum Gasteiger partial charge on any atom is 0.251 e. The summed E-state index contributed by atoms with van der Waals surface area (Å²) in [6.07, 6.45) is 2.40. The highest BCUT2D eigenvalue weighted by atomic mass is 16.5. The summed E-state index contributed by atoms with van der Waals surface area (Å²) in [5.74, 6) is 1.36. The van der Waals surface area contributed by atoms with Gasteiger partial charge in [-0.3, -0.25) is 4.79 Å². The monoisotopic (exact) mass is 334 g/mol. The lowest BCUT2D eigenvalue weighted by Gasteiger charge is -2.31. The highest BCUT2D eigenvalue weighted by Gasteiger charge is 2.19. The summed E-state index contributed by atoms with van der Waals surface area (Å²) in [5.41, 5.74) is 0.684. The van der Waals surface area contributed by atoms with Crippen molar-refractivity contribution in [2.45, 2.75) is 32.8 Å². The molecule has 0 atom stereocenters. The fourth-order valence-electron chi connectivity index (χ4n) is 2.93. The van der Waals surface area contributed by atoms with E-state index in [4.69, 9.17) is 9.47 Å². The van der Waals surface area contributed by atoms with Crippen LogP contribution >= 0.6 is 0 Å². The van der Waals surface area contributed by atoms with Crippen LogP contribution in [0.4, 0.5) is 0 Å². The molecule has 0 saturated carbocycles. The van der Waals surface area contributed by atoms with E-state index in [1.807, 2.05) is 38.1 Å². The Morgan fingerprint density at radius 1 is 1.25 bits per heavy atom. The minimum absolute atomic E-state index is 0.00657. The van der Waals surface area contributed by atoms with E-state index < -0.39 is 0 Å². The minimum atomic E-state index is -0.00657. The van der Waals surface area contributed by atoms with E-state index in [-0.39, 0.29) is 12.0 Å². The zero-order chi connectivity index (χ0) is 17.4. The molecule has 0 unspecified atom stereocenters. The number of benzene rings is 1. The fraction of sp³-hybridized carbons (Fsp3) is 0.632. The van der Waals surface area contributed by atoms with E-state index in [2.05, 4.69) is 10.2 Å². The van der Waals surface area contributed by atoms with Crippen LogP contribution in [0.15, 0.2) is 24.3 Å². The van der Waals surface area contributed by atoms with Crippen molar-refractivity contribution >= 4 is 5.91 Å². The first-order chi connectivity index (χ1) is 11.6. The smallest absolute Gasteiger partial charge is 0.251 e. The van der Waals surface area contributed by atoms with E-state index >= 15 is 0 Å². The molecule has 1 aliphatic heterocycles. The van der Waals surface area contributed by atoms with Gasteiger partial charge in [-0.15, -0.1) is 0 Å². The van der Waals surface area contributed by atoms with Crippen molar-refractivity contribution in [3.8, 4) is 5.75 Å². The molecular formula is C19H30N2O3. The highest BCUT2D eigenvalue weighted by molar-refractivity contribution is 5.94. The first-order valence-corrected chi connectivity index (χ1v) is 8.84. The van der Waals surface area contributed by atoms with Gasteiger partial charge in [0.1, 0.15) is 5.75 Å². The van der Waals surface area contributed by atoms with Gasteiger partial charge in [-0.1, -0.05) is 0 Å². The number of carbonyl (C=O) groups excluding carboxylic acids is 1. The SMILES string of the molecule is COCCN1CCC(CNC(=O)c2ccc(OC(C)C)cc2)CC1. The predicted octanol–water partition coefficient (Wildman–Crippen LogP) is 2.56. The van der Waals surface area contributed by atoms with Crippen LogP contribution in [0.5, 0.6) is 5.75 Å². The second-order valence-corrected chi connectivity index (χ2v) is 6.68. The third kappa shape index (κ3) is 6.13. The van der Waals surface area contributed by atoms with Crippen molar-refractivity contribution in [2.24, 2.45) is 5.92 Å². The number of hydrogen-bond donors (Lipinski definition) is 1. The van der Waals surface area contributed by atoms with Crippen molar-refractivity contribution in [1.29, 1.82) is 0 Å². The van der Waals surface area contributed by atoms with Crippen LogP contribution in [0.2, 0.25) is 0 Å². The molecule has 0 radical (unpaired) electrons. The molecule has 1 fully saturated rings. The van der Waals surface area contributed by atoms with Crippen molar-refractivity contribution < 1.29 is 14.3 Å². The van der Waals surface area contributed by atoms with Crippen LogP contribution in [-0.2, 0) is 4.74 Å². The van der Waals surface area contributed by atoms with Crippen molar-refractivity contribution in [3.63, 3.8) is 0 Å². The maximum absolute atomic E-state index is 12.2. The summed E-state index contributed by atoms with van der Waals surface area (Å²) >= 11 is 0. The van der Waals surface area contributed by atoms with Gasteiger partial charge in [0.05, 0.1) is 12.7 Å². The molecule has 1 heterocycles. The molecule has 1 amide bonds. The Morgan fingerprint density at radius 2 is 1.92 bits per heavy atom. The number of likely N-dealkylation sites (tertiary alicyclic amines) is 1. The molecule has 1 aliphatic rings. The van der Waals surface area contributed by atoms with E-state index in [1.54, 1.807) is 7.11 Å². The number of rotatable bonds is 8. The summed E-state index contributed by atoms with van der Waals surface area (Å²) in [7, 11) is 1.74. The fourth-order valence-corrected chi connectivity index (χ4v) is 2.93. The third-order valence-corrected chi connectivity index (χ3v) is 4.36. The van der Waals surface area contributed by atoms with Gasteiger partial charge < -0.3 is 19.7 Å². The highest BCUT2D eigenvalue weighted by Crippen LogP contribution is 2.17. The number of hydrogen-bond acceptors (Lipinski definition) is 4. The average molecular weight is 334 g/mol. The van der Waals surface area contributed by atoms with E-state index in [9.17, 15) is 4.79 Å². The topological polar surface area (TPSA) is 50.8 Å². The normalized spacial score (nSPS) is 16.3. The van der Waals surface area contributed by atoms with Gasteiger partial charge in [-0.2, -0.15) is 0 Å². The van der Waals surface area contributed by atoms with Crippen molar-refractivity contribution in [2.75, 3.05) is 39.9 Å². The summed E-state index contributed by atoms with van der Waals surface area (Å²) in [6, 6.07) is 7.34. The van der Waals surface area contributed by atoms with Gasteiger partial charge >= 0.3 is 0 Å². The molecule has 1 N–H and O–H groups in total. The van der Waals surface area contributed by atoms with Crippen LogP contribution in [0.3, 0.4) is 0 Å². The molecule has 134 valence electrons. The Morgan fingerprint density at radius 3 is 2.50 bits per heavy atom. The first-order valence-electron chi connectivity index (χ1n) is 8.84. The van der Waals surface area contributed by atoms with Gasteiger partial charge in [0.2, 0.25) is 0 Å². The predicted molar refractivity (Wildman–Crippen MR) is 95.6 cm³/mol. The van der Waals surface area contributed by atoms with E-state index in [0.717, 1.165) is 51.4 Å². The molecule has 0 bridgehead atoms. The first kappa shape index (κ1) is 18.7. The van der Waals surface area contributed by atoms with Crippen LogP contribution in [0, 0.1) is 5.92 Å². The quantitative estimate of drug-likeness (QED) is 0.794. The van der Waals surface area contributed by atoms with Crippen LogP contribution < -0.4 is 10.1 Å². The summed E-state index contributed by atoms with van der Waals surface area (Å²) in [4.78, 5) is 14.7. The second kappa shape index (κ2) is 9.64. The van der Waals surface area contributed by atoms with E-state index in [0.29, 0.717) is 11.5 Å². The zero-order valence-electron chi connectivity index (χ0n) is 15.1. The van der Waals surface area contributed by atoms with Gasteiger partial charge in [0.25, 0.3) is 5.91 Å². The number of nitrogens with zero attached hydrogens (tertiary/aromatic N) is 1. The van der Waals surface area contributed by atoms with Crippen LogP contribution in [-0.4, -0.2) is 56.8 Å². The molecule has 0 spiro atoms. The Labute approximate surface area is 145 Å². The largest absolute Gasteiger partial charge is 0.491 e. The lowest BCUT2D eigenvalue weighted by Crippen LogP contribution is -2.39. The molecule has 1 aromatic rings. The summed E-state index contributed by atoms with van der Waals surface area (Å²) in [5, 5.41) is 3.06. The zero-order valence-corrected chi connectivity index (χ0v) is 15.1.